The van der Waals surface area contributed by atoms with Crippen molar-refractivity contribution in [2.24, 2.45) is 0 Å². The summed E-state index contributed by atoms with van der Waals surface area (Å²) in [5, 5.41) is 0.574. The van der Waals surface area contributed by atoms with Crippen LogP contribution in [-0.2, 0) is 4.57 Å². The maximum atomic E-state index is 14.1. The number of halogens is 1. The van der Waals surface area contributed by atoms with Gasteiger partial charge >= 0.3 is 0 Å². The topological polar surface area (TPSA) is 37.3 Å². The Hall–Kier alpha value is -2.22. The minimum absolute atomic E-state index is 0.242. The second kappa shape index (κ2) is 5.88. The Morgan fingerprint density at radius 1 is 0.727 bits per heavy atom. The monoisotopic (exact) mass is 312 g/mol. The summed E-state index contributed by atoms with van der Waals surface area (Å²) in [4.78, 5) is 10.6. The lowest BCUT2D eigenvalue weighted by Crippen LogP contribution is -2.17. The average molecular weight is 312 g/mol. The van der Waals surface area contributed by atoms with Gasteiger partial charge in [0.2, 0.25) is 0 Å². The molecule has 3 aromatic carbocycles. The van der Waals surface area contributed by atoms with Gasteiger partial charge in [-0.15, -0.1) is 0 Å². The Balaban J connectivity index is 2.22. The molecule has 0 radical (unpaired) electrons. The van der Waals surface area contributed by atoms with Crippen molar-refractivity contribution in [3.8, 4) is 11.1 Å². The molecule has 0 fully saturated rings. The van der Waals surface area contributed by atoms with Crippen LogP contribution in [-0.4, -0.2) is 4.89 Å². The first kappa shape index (κ1) is 14.7. The van der Waals surface area contributed by atoms with Crippen LogP contribution < -0.4 is 10.6 Å². The van der Waals surface area contributed by atoms with Gasteiger partial charge in [0, 0.05) is 16.2 Å². The van der Waals surface area contributed by atoms with Gasteiger partial charge in [-0.05, 0) is 29.8 Å². The molecule has 1 atom stereocenters. The van der Waals surface area contributed by atoms with Crippen LogP contribution in [0.15, 0.2) is 78.9 Å². The molecule has 0 aliphatic carbocycles. The normalized spacial score (nSPS) is 13.5. The lowest BCUT2D eigenvalue weighted by Gasteiger charge is -2.16. The highest BCUT2D eigenvalue weighted by atomic mass is 31.2. The highest BCUT2D eigenvalue weighted by molar-refractivity contribution is 7.73. The Morgan fingerprint density at radius 3 is 1.95 bits per heavy atom. The lowest BCUT2D eigenvalue weighted by molar-refractivity contribution is 0.501. The molecule has 0 saturated carbocycles. The maximum absolute atomic E-state index is 14.1. The first-order valence-corrected chi connectivity index (χ1v) is 8.49. The van der Waals surface area contributed by atoms with E-state index < -0.39 is 13.2 Å². The zero-order valence-corrected chi connectivity index (χ0v) is 12.6. The predicted molar refractivity (Wildman–Crippen MR) is 87.4 cm³/mol. The van der Waals surface area contributed by atoms with Crippen LogP contribution in [0.4, 0.5) is 4.39 Å². The van der Waals surface area contributed by atoms with E-state index in [9.17, 15) is 13.8 Å². The summed E-state index contributed by atoms with van der Waals surface area (Å²) in [6, 6.07) is 21.3. The number of hydrogen-bond acceptors (Lipinski definition) is 1. The van der Waals surface area contributed by atoms with Gasteiger partial charge < -0.3 is 4.89 Å². The van der Waals surface area contributed by atoms with Crippen LogP contribution >= 0.6 is 7.37 Å². The summed E-state index contributed by atoms with van der Waals surface area (Å²) in [5.41, 5.74) is 0.763. The van der Waals surface area contributed by atoms with Crippen molar-refractivity contribution in [2.45, 2.75) is 0 Å². The van der Waals surface area contributed by atoms with Gasteiger partial charge in [-0.3, -0.25) is 4.57 Å². The summed E-state index contributed by atoms with van der Waals surface area (Å²) in [5.74, 6) is -0.414. The number of hydrogen-bond donors (Lipinski definition) is 1. The molecule has 0 aromatic heterocycles. The van der Waals surface area contributed by atoms with Gasteiger partial charge in [-0.2, -0.15) is 0 Å². The van der Waals surface area contributed by atoms with E-state index in [-0.39, 0.29) is 5.30 Å². The molecule has 0 aliphatic rings. The quantitative estimate of drug-likeness (QED) is 0.749. The summed E-state index contributed by atoms with van der Waals surface area (Å²) < 4.78 is 27.0. The lowest BCUT2D eigenvalue weighted by atomic mass is 10.1. The second-order valence-electron chi connectivity index (χ2n) is 4.91. The molecule has 0 aliphatic heterocycles. The van der Waals surface area contributed by atoms with E-state index in [1.807, 2.05) is 0 Å². The molecule has 0 saturated heterocycles. The van der Waals surface area contributed by atoms with Crippen LogP contribution in [0.5, 0.6) is 0 Å². The molecule has 3 rings (SSSR count). The predicted octanol–water partition coefficient (Wildman–Crippen LogP) is 3.71. The number of benzene rings is 3. The van der Waals surface area contributed by atoms with E-state index in [4.69, 9.17) is 0 Å². The third-order valence-corrected chi connectivity index (χ3v) is 5.54. The smallest absolute Gasteiger partial charge is 0.259 e. The van der Waals surface area contributed by atoms with E-state index in [0.29, 0.717) is 16.4 Å². The minimum Gasteiger partial charge on any atom is -0.338 e. The van der Waals surface area contributed by atoms with Crippen molar-refractivity contribution in [1.82, 2.24) is 0 Å². The molecule has 110 valence electrons. The summed E-state index contributed by atoms with van der Waals surface area (Å²) >= 11 is 0. The molecule has 4 heteroatoms. The highest BCUT2D eigenvalue weighted by Gasteiger charge is 2.27. The molecule has 22 heavy (non-hydrogen) atoms. The van der Waals surface area contributed by atoms with Crippen LogP contribution in [0, 0.1) is 5.82 Å². The Bertz CT molecular complexity index is 846. The van der Waals surface area contributed by atoms with Crippen LogP contribution in [0.25, 0.3) is 11.1 Å². The standard InChI is InChI=1S/C18H14FO2P/c19-17-12-6-4-10-15(17)16-11-5-7-13-18(16)22(20,21)14-8-2-1-3-9-14/h1-13H,(H,20,21). The zero-order valence-electron chi connectivity index (χ0n) is 11.7. The maximum Gasteiger partial charge on any atom is 0.259 e. The van der Waals surface area contributed by atoms with Gasteiger partial charge in [0.1, 0.15) is 5.82 Å². The van der Waals surface area contributed by atoms with Crippen LogP contribution in [0.3, 0.4) is 0 Å². The fraction of sp³-hybridized carbons (Fsp3) is 0. The Labute approximate surface area is 128 Å². The zero-order chi connectivity index (χ0) is 15.6. The van der Waals surface area contributed by atoms with E-state index in [1.54, 1.807) is 72.8 Å². The van der Waals surface area contributed by atoms with Crippen molar-refractivity contribution in [3.05, 3.63) is 84.7 Å². The molecule has 1 unspecified atom stereocenters. The van der Waals surface area contributed by atoms with Crippen molar-refractivity contribution < 1.29 is 13.8 Å². The molecule has 3 aromatic rings. The van der Waals surface area contributed by atoms with E-state index >= 15 is 0 Å². The summed E-state index contributed by atoms with van der Waals surface area (Å²) in [6.45, 7) is 0. The van der Waals surface area contributed by atoms with Gasteiger partial charge in [0.15, 0.2) is 0 Å². The van der Waals surface area contributed by atoms with Crippen molar-refractivity contribution in [1.29, 1.82) is 0 Å². The highest BCUT2D eigenvalue weighted by Crippen LogP contribution is 2.41. The molecule has 2 nitrogen and oxygen atoms in total. The van der Waals surface area contributed by atoms with E-state index in [1.165, 1.54) is 6.07 Å². The molecule has 1 N–H and O–H groups in total. The third-order valence-electron chi connectivity index (χ3n) is 3.50. The van der Waals surface area contributed by atoms with Gasteiger partial charge in [-0.25, -0.2) is 4.39 Å². The largest absolute Gasteiger partial charge is 0.338 e. The fourth-order valence-corrected chi connectivity index (χ4v) is 4.08. The first-order chi connectivity index (χ1) is 10.6. The SMILES string of the molecule is O=P(O)(c1ccccc1)c1ccccc1-c1ccccc1F. The van der Waals surface area contributed by atoms with Gasteiger partial charge in [0.25, 0.3) is 7.37 Å². The van der Waals surface area contributed by atoms with Crippen LogP contribution in [0.1, 0.15) is 0 Å². The number of rotatable bonds is 3. The van der Waals surface area contributed by atoms with E-state index in [2.05, 4.69) is 0 Å². The summed E-state index contributed by atoms with van der Waals surface area (Å²) in [7, 11) is -3.79. The van der Waals surface area contributed by atoms with Crippen molar-refractivity contribution in [2.75, 3.05) is 0 Å². The molecular formula is C18H14FO2P. The first-order valence-electron chi connectivity index (χ1n) is 6.83. The summed E-state index contributed by atoms with van der Waals surface area (Å²) in [6.07, 6.45) is 0. The molecule has 0 amide bonds. The van der Waals surface area contributed by atoms with Gasteiger partial charge in [0.05, 0.1) is 0 Å². The Kier molecular flexibility index (Phi) is 3.93. The van der Waals surface area contributed by atoms with Crippen molar-refractivity contribution >= 4 is 18.0 Å². The van der Waals surface area contributed by atoms with E-state index in [0.717, 1.165) is 0 Å². The molecule has 0 bridgehead atoms. The average Bonchev–Trinajstić information content (AvgIpc) is 2.56. The van der Waals surface area contributed by atoms with Crippen molar-refractivity contribution in [3.63, 3.8) is 0 Å². The second-order valence-corrected chi connectivity index (χ2v) is 7.06. The molecular weight excluding hydrogens is 298 g/mol. The van der Waals surface area contributed by atoms with Gasteiger partial charge in [-0.1, -0.05) is 54.6 Å². The van der Waals surface area contributed by atoms with Crippen LogP contribution in [0.2, 0.25) is 0 Å². The third kappa shape index (κ3) is 2.61. The fourth-order valence-electron chi connectivity index (χ4n) is 2.41. The Morgan fingerprint density at radius 2 is 1.27 bits per heavy atom. The molecule has 0 spiro atoms. The molecule has 0 heterocycles. The minimum atomic E-state index is -3.79.